The van der Waals surface area contributed by atoms with Crippen molar-refractivity contribution in [2.45, 2.75) is 12.1 Å². The third-order valence-corrected chi connectivity index (χ3v) is 6.00. The van der Waals surface area contributed by atoms with Crippen LogP contribution in [-0.2, 0) is 0 Å². The fraction of sp³-hybridized carbons (Fsp3) is 0.333. The summed E-state index contributed by atoms with van der Waals surface area (Å²) >= 11 is 22.3. The molecule has 0 spiro atoms. The molecule has 24 heavy (non-hydrogen) atoms. The largest absolute Gasteiger partial charge is 0.360 e. The molecule has 0 radical (unpaired) electrons. The van der Waals surface area contributed by atoms with Crippen LogP contribution < -0.4 is 4.90 Å². The van der Waals surface area contributed by atoms with Crippen molar-refractivity contribution < 1.29 is 0 Å². The Bertz CT molecular complexity index is 708. The number of nitrogens with zero attached hydrogens (tertiary/aromatic N) is 2. The van der Waals surface area contributed by atoms with Gasteiger partial charge in [0.15, 0.2) is 0 Å². The van der Waals surface area contributed by atoms with Crippen LogP contribution in [-0.4, -0.2) is 36.4 Å². The van der Waals surface area contributed by atoms with Gasteiger partial charge in [-0.2, -0.15) is 0 Å². The molecule has 0 aromatic heterocycles. The van der Waals surface area contributed by atoms with E-state index in [0.717, 1.165) is 29.1 Å². The predicted octanol–water partition coefficient (Wildman–Crippen LogP) is 5.90. The second kappa shape index (κ2) is 7.84. The minimum atomic E-state index is 0.180. The number of rotatable bonds is 3. The smallest absolute Gasteiger partial charge is 0.0706 e. The molecule has 0 amide bonds. The molecule has 2 nitrogen and oxygen atoms in total. The van der Waals surface area contributed by atoms with E-state index in [1.165, 1.54) is 5.56 Å². The van der Waals surface area contributed by atoms with Gasteiger partial charge in [-0.1, -0.05) is 62.9 Å². The van der Waals surface area contributed by atoms with Gasteiger partial charge < -0.3 is 4.90 Å². The number of alkyl halides is 1. The Morgan fingerprint density at radius 3 is 2.29 bits per heavy atom. The minimum absolute atomic E-state index is 0.180. The third kappa shape index (κ3) is 3.71. The van der Waals surface area contributed by atoms with Gasteiger partial charge in [-0.05, 0) is 42.9 Å². The van der Waals surface area contributed by atoms with Crippen LogP contribution in [0.15, 0.2) is 42.5 Å². The molecule has 2 aromatic carbocycles. The van der Waals surface area contributed by atoms with Gasteiger partial charge in [-0.15, -0.1) is 0 Å². The Balaban J connectivity index is 2.06. The molecule has 128 valence electrons. The lowest BCUT2D eigenvalue weighted by molar-refractivity contribution is 0.194. The molecule has 2 atom stereocenters. The first-order valence-corrected chi connectivity index (χ1v) is 10.00. The molecule has 0 N–H and O–H groups in total. The predicted molar refractivity (Wildman–Crippen MR) is 108 cm³/mol. The van der Waals surface area contributed by atoms with Crippen LogP contribution in [0.2, 0.25) is 15.1 Å². The Morgan fingerprint density at radius 2 is 1.67 bits per heavy atom. The number of benzene rings is 2. The van der Waals surface area contributed by atoms with Crippen molar-refractivity contribution in [2.75, 3.05) is 30.4 Å². The summed E-state index contributed by atoms with van der Waals surface area (Å²) in [4.78, 5) is 4.75. The second-order valence-electron chi connectivity index (χ2n) is 5.99. The summed E-state index contributed by atoms with van der Waals surface area (Å²) in [7, 11) is 2.16. The molecular weight excluding hydrogens is 430 g/mol. The van der Waals surface area contributed by atoms with E-state index >= 15 is 0 Å². The molecule has 0 bridgehead atoms. The zero-order chi connectivity index (χ0) is 17.3. The highest BCUT2D eigenvalue weighted by atomic mass is 79.9. The first-order valence-electron chi connectivity index (χ1n) is 7.74. The van der Waals surface area contributed by atoms with E-state index in [0.29, 0.717) is 16.1 Å². The van der Waals surface area contributed by atoms with Gasteiger partial charge in [0.2, 0.25) is 0 Å². The van der Waals surface area contributed by atoms with Gasteiger partial charge in [0.1, 0.15) is 0 Å². The average Bonchev–Trinajstić information content (AvgIpc) is 2.56. The van der Waals surface area contributed by atoms with Crippen LogP contribution >= 0.6 is 50.7 Å². The highest BCUT2D eigenvalue weighted by Crippen LogP contribution is 2.39. The lowest BCUT2D eigenvalue weighted by atomic mass is 9.94. The first kappa shape index (κ1) is 18.3. The van der Waals surface area contributed by atoms with Crippen molar-refractivity contribution in [3.05, 3.63) is 63.1 Å². The van der Waals surface area contributed by atoms with Crippen molar-refractivity contribution in [2.24, 2.45) is 0 Å². The molecule has 0 saturated carbocycles. The monoisotopic (exact) mass is 446 g/mol. The van der Waals surface area contributed by atoms with Crippen molar-refractivity contribution in [3.8, 4) is 0 Å². The van der Waals surface area contributed by atoms with Gasteiger partial charge in [0, 0.05) is 34.5 Å². The molecule has 0 aliphatic carbocycles. The Hall–Kier alpha value is -0.450. The van der Waals surface area contributed by atoms with E-state index in [-0.39, 0.29) is 6.04 Å². The van der Waals surface area contributed by atoms with Gasteiger partial charge >= 0.3 is 0 Å². The molecule has 1 fully saturated rings. The summed E-state index contributed by atoms with van der Waals surface area (Å²) in [6.07, 6.45) is 0. The van der Waals surface area contributed by atoms with Gasteiger partial charge in [0.25, 0.3) is 0 Å². The van der Waals surface area contributed by atoms with Crippen LogP contribution in [0.25, 0.3) is 0 Å². The van der Waals surface area contributed by atoms with Crippen LogP contribution in [0.1, 0.15) is 11.6 Å². The van der Waals surface area contributed by atoms with Gasteiger partial charge in [-0.3, -0.25) is 4.90 Å². The summed E-state index contributed by atoms with van der Waals surface area (Å²) in [6, 6.07) is 14.3. The lowest BCUT2D eigenvalue weighted by Gasteiger charge is -2.47. The standard InChI is InChI=1S/C18H18BrCl3N2/c1-23-8-9-24(16-7-6-14(21)10-15(16)22)18(17(23)11-19)12-2-4-13(20)5-3-12/h2-7,10,17-18H,8-9,11H2,1H3/t17-,18+/m1/s1. The normalized spacial score (nSPS) is 22.0. The van der Waals surface area contributed by atoms with E-state index in [2.05, 4.69) is 44.9 Å². The van der Waals surface area contributed by atoms with Crippen molar-refractivity contribution in [1.29, 1.82) is 0 Å². The van der Waals surface area contributed by atoms with Crippen molar-refractivity contribution >= 4 is 56.4 Å². The maximum absolute atomic E-state index is 6.50. The van der Waals surface area contributed by atoms with Crippen LogP contribution in [0, 0.1) is 0 Å². The molecule has 1 aliphatic rings. The van der Waals surface area contributed by atoms with E-state index in [1.807, 2.05) is 24.3 Å². The van der Waals surface area contributed by atoms with E-state index in [4.69, 9.17) is 34.8 Å². The molecule has 3 rings (SSSR count). The van der Waals surface area contributed by atoms with Gasteiger partial charge in [-0.25, -0.2) is 0 Å². The van der Waals surface area contributed by atoms with Crippen molar-refractivity contribution in [1.82, 2.24) is 4.90 Å². The Kier molecular flexibility index (Phi) is 5.99. The number of halogens is 4. The number of piperazine rings is 1. The number of anilines is 1. The second-order valence-corrected chi connectivity index (χ2v) is 7.92. The van der Waals surface area contributed by atoms with E-state index in [1.54, 1.807) is 6.07 Å². The Labute approximate surface area is 166 Å². The average molecular weight is 449 g/mol. The van der Waals surface area contributed by atoms with E-state index in [9.17, 15) is 0 Å². The number of hydrogen-bond donors (Lipinski definition) is 0. The zero-order valence-corrected chi connectivity index (χ0v) is 17.1. The fourth-order valence-corrected chi connectivity index (χ4v) is 4.76. The third-order valence-electron chi connectivity index (χ3n) is 4.55. The van der Waals surface area contributed by atoms with Gasteiger partial charge in [0.05, 0.1) is 16.8 Å². The number of likely N-dealkylation sites (N-methyl/N-ethyl adjacent to an activating group) is 1. The molecular formula is C18H18BrCl3N2. The summed E-state index contributed by atoms with van der Waals surface area (Å²) < 4.78 is 0. The minimum Gasteiger partial charge on any atom is -0.360 e. The molecule has 1 heterocycles. The summed E-state index contributed by atoms with van der Waals surface area (Å²) in [5, 5.41) is 2.95. The molecule has 0 unspecified atom stereocenters. The van der Waals surface area contributed by atoms with Crippen LogP contribution in [0.4, 0.5) is 5.69 Å². The van der Waals surface area contributed by atoms with Crippen molar-refractivity contribution in [3.63, 3.8) is 0 Å². The lowest BCUT2D eigenvalue weighted by Crippen LogP contribution is -2.54. The maximum atomic E-state index is 6.50. The zero-order valence-electron chi connectivity index (χ0n) is 13.2. The summed E-state index contributed by atoms with van der Waals surface area (Å²) in [5.74, 6) is 0. The Morgan fingerprint density at radius 1 is 1.00 bits per heavy atom. The van der Waals surface area contributed by atoms with E-state index < -0.39 is 0 Å². The fourth-order valence-electron chi connectivity index (χ4n) is 3.27. The molecule has 2 aromatic rings. The maximum Gasteiger partial charge on any atom is 0.0706 e. The summed E-state index contributed by atoms with van der Waals surface area (Å²) in [5.41, 5.74) is 2.24. The number of hydrogen-bond acceptors (Lipinski definition) is 2. The first-order chi connectivity index (χ1) is 11.5. The SMILES string of the molecule is CN1CCN(c2ccc(Cl)cc2Cl)[C@@H](c2ccc(Cl)cc2)[C@H]1CBr. The molecule has 6 heteroatoms. The highest BCUT2D eigenvalue weighted by Gasteiger charge is 2.36. The topological polar surface area (TPSA) is 6.48 Å². The molecule has 1 saturated heterocycles. The molecule has 1 aliphatic heterocycles. The van der Waals surface area contributed by atoms with Crippen LogP contribution in [0.5, 0.6) is 0 Å². The quantitative estimate of drug-likeness (QED) is 0.539. The highest BCUT2D eigenvalue weighted by molar-refractivity contribution is 9.09. The summed E-state index contributed by atoms with van der Waals surface area (Å²) in [6.45, 7) is 1.87. The van der Waals surface area contributed by atoms with Crippen LogP contribution in [0.3, 0.4) is 0 Å².